The van der Waals surface area contributed by atoms with Crippen molar-refractivity contribution in [3.63, 3.8) is 0 Å². The van der Waals surface area contributed by atoms with Gasteiger partial charge in [-0.05, 0) is 42.7 Å². The van der Waals surface area contributed by atoms with Crippen LogP contribution in [0, 0.1) is 5.92 Å². The zero-order chi connectivity index (χ0) is 22.1. The Bertz CT molecular complexity index is 986. The van der Waals surface area contributed by atoms with Gasteiger partial charge in [0.1, 0.15) is 5.01 Å². The lowest BCUT2D eigenvalue weighted by Crippen LogP contribution is -2.21. The molecule has 0 aliphatic carbocycles. The molecule has 0 radical (unpaired) electrons. The Morgan fingerprint density at radius 1 is 0.935 bits per heavy atom. The van der Waals surface area contributed by atoms with Crippen LogP contribution in [0.1, 0.15) is 47.6 Å². The van der Waals surface area contributed by atoms with E-state index in [1.165, 1.54) is 16.9 Å². The maximum atomic E-state index is 12.5. The predicted molar refractivity (Wildman–Crippen MR) is 128 cm³/mol. The molecular weight excluding hydrogens is 428 g/mol. The molecule has 8 heteroatoms. The maximum Gasteiger partial charge on any atom is 0.257 e. The third-order valence-corrected chi connectivity index (χ3v) is 6.83. The number of amides is 2. The minimum absolute atomic E-state index is 0.000398. The molecule has 1 heterocycles. The Kier molecular flexibility index (Phi) is 8.61. The number of nitrogens with one attached hydrogen (secondary N) is 2. The van der Waals surface area contributed by atoms with Gasteiger partial charge in [0.2, 0.25) is 11.0 Å². The van der Waals surface area contributed by atoms with Gasteiger partial charge in [0.25, 0.3) is 5.91 Å². The second-order valence-electron chi connectivity index (χ2n) is 7.01. The molecule has 2 amide bonds. The Hall–Kier alpha value is -2.71. The summed E-state index contributed by atoms with van der Waals surface area (Å²) in [5, 5.41) is 15.3. The van der Waals surface area contributed by atoms with Crippen LogP contribution in [0.2, 0.25) is 0 Å². The third-order valence-electron chi connectivity index (χ3n) is 4.80. The van der Waals surface area contributed by atoms with E-state index in [0.717, 1.165) is 29.4 Å². The van der Waals surface area contributed by atoms with E-state index in [-0.39, 0.29) is 17.7 Å². The van der Waals surface area contributed by atoms with Gasteiger partial charge in [-0.2, -0.15) is 0 Å². The molecule has 0 atom stereocenters. The summed E-state index contributed by atoms with van der Waals surface area (Å²) in [6, 6.07) is 17.1. The highest BCUT2D eigenvalue weighted by atomic mass is 32.2. The Morgan fingerprint density at radius 2 is 1.65 bits per heavy atom. The molecule has 0 unspecified atom stereocenters. The van der Waals surface area contributed by atoms with Crippen LogP contribution in [0.15, 0.2) is 54.6 Å². The van der Waals surface area contributed by atoms with Gasteiger partial charge in [0.05, 0.1) is 0 Å². The maximum absolute atomic E-state index is 12.5. The van der Waals surface area contributed by atoms with Gasteiger partial charge in [-0.3, -0.25) is 14.9 Å². The van der Waals surface area contributed by atoms with Crippen LogP contribution in [-0.2, 0) is 16.3 Å². The summed E-state index contributed by atoms with van der Waals surface area (Å²) >= 11 is 3.14. The van der Waals surface area contributed by atoms with Gasteiger partial charge in [0, 0.05) is 28.7 Å². The molecule has 2 N–H and O–H groups in total. The van der Waals surface area contributed by atoms with E-state index in [2.05, 4.69) is 33.0 Å². The fraction of sp³-hybridized carbons (Fsp3) is 0.304. The molecule has 0 bridgehead atoms. The molecule has 0 spiro atoms. The van der Waals surface area contributed by atoms with E-state index in [0.29, 0.717) is 16.4 Å². The number of carbonyl (C=O) groups excluding carboxylic acids is 2. The Labute approximate surface area is 190 Å². The first-order chi connectivity index (χ1) is 15.1. The van der Waals surface area contributed by atoms with Gasteiger partial charge in [0.15, 0.2) is 0 Å². The minimum atomic E-state index is -0.252. The van der Waals surface area contributed by atoms with Gasteiger partial charge in [-0.15, -0.1) is 22.0 Å². The number of rotatable bonds is 10. The fourth-order valence-corrected chi connectivity index (χ4v) is 4.75. The number of hydrogen-bond donors (Lipinski definition) is 2. The van der Waals surface area contributed by atoms with Crippen molar-refractivity contribution in [2.45, 2.75) is 38.2 Å². The van der Waals surface area contributed by atoms with E-state index in [4.69, 9.17) is 0 Å². The molecule has 0 fully saturated rings. The average molecular weight is 455 g/mol. The summed E-state index contributed by atoms with van der Waals surface area (Å²) in [5.41, 5.74) is 2.45. The SMILES string of the molecule is CCC(CC)C(=O)Nc1ccc(C(=O)Nc2nnc(CSCc3ccccc3)s2)cc1. The molecule has 0 aliphatic rings. The first-order valence-corrected chi connectivity index (χ1v) is 12.2. The summed E-state index contributed by atoms with van der Waals surface area (Å²) in [7, 11) is 0. The molecule has 0 saturated heterocycles. The van der Waals surface area contributed by atoms with Crippen molar-refractivity contribution in [1.82, 2.24) is 10.2 Å². The average Bonchev–Trinajstić information content (AvgIpc) is 3.23. The van der Waals surface area contributed by atoms with Gasteiger partial charge in [-0.25, -0.2) is 0 Å². The normalized spacial score (nSPS) is 10.8. The van der Waals surface area contributed by atoms with E-state index in [1.54, 1.807) is 36.0 Å². The number of nitrogens with zero attached hydrogens (tertiary/aromatic N) is 2. The number of hydrogen-bond acceptors (Lipinski definition) is 6. The van der Waals surface area contributed by atoms with Gasteiger partial charge >= 0.3 is 0 Å². The Morgan fingerprint density at radius 3 is 2.32 bits per heavy atom. The molecule has 3 aromatic rings. The highest BCUT2D eigenvalue weighted by Crippen LogP contribution is 2.23. The number of thioether (sulfide) groups is 1. The van der Waals surface area contributed by atoms with Crippen molar-refractivity contribution >= 4 is 45.7 Å². The standard InChI is InChI=1S/C23H26N4O2S2/c1-3-17(4-2)21(28)24-19-12-10-18(11-13-19)22(29)25-23-27-26-20(31-23)15-30-14-16-8-6-5-7-9-16/h5-13,17H,3-4,14-15H2,1-2H3,(H,24,28)(H,25,27,29). The van der Waals surface area contributed by atoms with E-state index >= 15 is 0 Å². The summed E-state index contributed by atoms with van der Waals surface area (Å²) in [6.45, 7) is 4.00. The molecule has 31 heavy (non-hydrogen) atoms. The quantitative estimate of drug-likeness (QED) is 0.417. The Balaban J connectivity index is 1.49. The molecule has 6 nitrogen and oxygen atoms in total. The largest absolute Gasteiger partial charge is 0.326 e. The van der Waals surface area contributed by atoms with Gasteiger partial charge < -0.3 is 5.32 Å². The molecule has 3 rings (SSSR count). The number of aromatic nitrogens is 2. The summed E-state index contributed by atoms with van der Waals surface area (Å²) < 4.78 is 0. The molecular formula is C23H26N4O2S2. The second kappa shape index (κ2) is 11.6. The lowest BCUT2D eigenvalue weighted by atomic mass is 10.0. The number of benzene rings is 2. The molecule has 162 valence electrons. The van der Waals surface area contributed by atoms with Crippen LogP contribution in [0.5, 0.6) is 0 Å². The zero-order valence-corrected chi connectivity index (χ0v) is 19.3. The smallest absolute Gasteiger partial charge is 0.257 e. The van der Waals surface area contributed by atoms with Crippen molar-refractivity contribution in [1.29, 1.82) is 0 Å². The lowest BCUT2D eigenvalue weighted by molar-refractivity contribution is -0.120. The first kappa shape index (κ1) is 23.0. The van der Waals surface area contributed by atoms with Crippen LogP contribution in [0.4, 0.5) is 10.8 Å². The van der Waals surface area contributed by atoms with E-state index in [9.17, 15) is 9.59 Å². The predicted octanol–water partition coefficient (Wildman–Crippen LogP) is 5.60. The van der Waals surface area contributed by atoms with Crippen LogP contribution in [0.25, 0.3) is 0 Å². The lowest BCUT2D eigenvalue weighted by Gasteiger charge is -2.12. The van der Waals surface area contributed by atoms with Crippen molar-refractivity contribution in [2.24, 2.45) is 5.92 Å². The van der Waals surface area contributed by atoms with Crippen LogP contribution in [0.3, 0.4) is 0 Å². The van der Waals surface area contributed by atoms with Crippen molar-refractivity contribution in [2.75, 3.05) is 10.6 Å². The highest BCUT2D eigenvalue weighted by molar-refractivity contribution is 7.97. The van der Waals surface area contributed by atoms with Crippen molar-refractivity contribution < 1.29 is 9.59 Å². The van der Waals surface area contributed by atoms with Gasteiger partial charge in [-0.1, -0.05) is 55.5 Å². The minimum Gasteiger partial charge on any atom is -0.326 e. The fourth-order valence-electron chi connectivity index (χ4n) is 2.97. The second-order valence-corrected chi connectivity index (χ2v) is 9.06. The molecule has 2 aromatic carbocycles. The summed E-state index contributed by atoms with van der Waals surface area (Å²) in [6.07, 6.45) is 1.61. The molecule has 0 aliphatic heterocycles. The highest BCUT2D eigenvalue weighted by Gasteiger charge is 2.15. The van der Waals surface area contributed by atoms with E-state index in [1.807, 2.05) is 32.0 Å². The molecule has 1 aromatic heterocycles. The van der Waals surface area contributed by atoms with Crippen LogP contribution < -0.4 is 10.6 Å². The third kappa shape index (κ3) is 6.90. The van der Waals surface area contributed by atoms with Crippen LogP contribution in [-0.4, -0.2) is 22.0 Å². The zero-order valence-electron chi connectivity index (χ0n) is 17.6. The van der Waals surface area contributed by atoms with E-state index < -0.39 is 0 Å². The first-order valence-electron chi connectivity index (χ1n) is 10.2. The summed E-state index contributed by atoms with van der Waals surface area (Å²) in [5.74, 6) is 1.40. The molecule has 0 saturated carbocycles. The monoisotopic (exact) mass is 454 g/mol. The van der Waals surface area contributed by atoms with Crippen molar-refractivity contribution in [3.8, 4) is 0 Å². The summed E-state index contributed by atoms with van der Waals surface area (Å²) in [4.78, 5) is 24.7. The van der Waals surface area contributed by atoms with Crippen molar-refractivity contribution in [3.05, 3.63) is 70.7 Å². The number of carbonyl (C=O) groups is 2. The topological polar surface area (TPSA) is 84.0 Å². The number of anilines is 2. The van der Waals surface area contributed by atoms with Crippen LogP contribution >= 0.6 is 23.1 Å².